The Morgan fingerprint density at radius 1 is 1.23 bits per heavy atom. The SMILES string of the molecule is Cc1cc(C(=O)CNc2c(F)cccc2F)c(C)n1C(C)C. The van der Waals surface area contributed by atoms with Gasteiger partial charge in [0.05, 0.1) is 6.54 Å². The minimum absolute atomic E-state index is 0.153. The maximum Gasteiger partial charge on any atom is 0.183 e. The summed E-state index contributed by atoms with van der Waals surface area (Å²) in [5, 5.41) is 2.56. The highest BCUT2D eigenvalue weighted by Crippen LogP contribution is 2.22. The standard InChI is InChI=1S/C17H20F2N2O/c1-10(2)21-11(3)8-13(12(21)4)16(22)9-20-17-14(18)6-5-7-15(17)19/h5-8,10,20H,9H2,1-4H3. The van der Waals surface area contributed by atoms with Crippen LogP contribution in [0.15, 0.2) is 24.3 Å². The lowest BCUT2D eigenvalue weighted by Gasteiger charge is -2.13. The lowest BCUT2D eigenvalue weighted by molar-refractivity contribution is 0.101. The molecule has 0 unspecified atom stereocenters. The second-order valence-electron chi connectivity index (χ2n) is 5.62. The van der Waals surface area contributed by atoms with E-state index in [1.807, 2.05) is 33.8 Å². The number of rotatable bonds is 5. The summed E-state index contributed by atoms with van der Waals surface area (Å²) in [5.74, 6) is -1.61. The first kappa shape index (κ1) is 16.2. The molecule has 1 N–H and O–H groups in total. The zero-order valence-electron chi connectivity index (χ0n) is 13.2. The molecule has 1 aromatic heterocycles. The number of carbonyl (C=O) groups is 1. The molecule has 1 aromatic carbocycles. The Labute approximate surface area is 129 Å². The van der Waals surface area contributed by atoms with E-state index in [-0.39, 0.29) is 24.1 Å². The van der Waals surface area contributed by atoms with E-state index in [0.717, 1.165) is 23.5 Å². The number of halogens is 2. The highest BCUT2D eigenvalue weighted by Gasteiger charge is 2.18. The highest BCUT2D eigenvalue weighted by atomic mass is 19.1. The Bertz CT molecular complexity index is 685. The van der Waals surface area contributed by atoms with E-state index < -0.39 is 11.6 Å². The average Bonchev–Trinajstić information content (AvgIpc) is 2.73. The third-order valence-corrected chi connectivity index (χ3v) is 3.69. The number of hydrogen-bond acceptors (Lipinski definition) is 2. The van der Waals surface area contributed by atoms with E-state index in [1.54, 1.807) is 0 Å². The van der Waals surface area contributed by atoms with Crippen molar-refractivity contribution in [3.63, 3.8) is 0 Å². The smallest absolute Gasteiger partial charge is 0.183 e. The van der Waals surface area contributed by atoms with Crippen molar-refractivity contribution in [2.24, 2.45) is 0 Å². The van der Waals surface area contributed by atoms with E-state index in [4.69, 9.17) is 0 Å². The number of nitrogens with zero attached hydrogens (tertiary/aromatic N) is 1. The molecule has 0 spiro atoms. The van der Waals surface area contributed by atoms with E-state index in [9.17, 15) is 13.6 Å². The summed E-state index contributed by atoms with van der Waals surface area (Å²) in [7, 11) is 0. The molecule has 1 heterocycles. The van der Waals surface area contributed by atoms with Crippen LogP contribution >= 0.6 is 0 Å². The molecule has 0 saturated heterocycles. The first-order valence-corrected chi connectivity index (χ1v) is 7.22. The third-order valence-electron chi connectivity index (χ3n) is 3.69. The van der Waals surface area contributed by atoms with E-state index >= 15 is 0 Å². The lowest BCUT2D eigenvalue weighted by atomic mass is 10.1. The first-order chi connectivity index (χ1) is 10.3. The number of anilines is 1. The van der Waals surface area contributed by atoms with Crippen LogP contribution in [0, 0.1) is 25.5 Å². The molecule has 0 amide bonds. The molecule has 0 atom stereocenters. The van der Waals surface area contributed by atoms with Crippen molar-refractivity contribution < 1.29 is 13.6 Å². The number of para-hydroxylation sites is 1. The van der Waals surface area contributed by atoms with Gasteiger partial charge < -0.3 is 9.88 Å². The van der Waals surface area contributed by atoms with Crippen molar-refractivity contribution in [2.75, 3.05) is 11.9 Å². The molecule has 118 valence electrons. The number of carbonyl (C=O) groups excluding carboxylic acids is 1. The summed E-state index contributed by atoms with van der Waals surface area (Å²) in [6.07, 6.45) is 0. The maximum absolute atomic E-state index is 13.5. The Hall–Kier alpha value is -2.17. The molecule has 0 aliphatic heterocycles. The number of hydrogen-bond donors (Lipinski definition) is 1. The average molecular weight is 306 g/mol. The van der Waals surface area contributed by atoms with Gasteiger partial charge in [0, 0.05) is 23.0 Å². The predicted octanol–water partition coefficient (Wildman–Crippen LogP) is 4.26. The van der Waals surface area contributed by atoms with Crippen LogP contribution in [0.3, 0.4) is 0 Å². The van der Waals surface area contributed by atoms with Gasteiger partial charge in [0.1, 0.15) is 17.3 Å². The molecule has 0 radical (unpaired) electrons. The molecule has 0 aliphatic rings. The summed E-state index contributed by atoms with van der Waals surface area (Å²) in [5.41, 5.74) is 2.17. The minimum atomic E-state index is -0.708. The summed E-state index contributed by atoms with van der Waals surface area (Å²) < 4.78 is 29.1. The second kappa shape index (κ2) is 6.30. The molecule has 0 saturated carbocycles. The molecule has 0 fully saturated rings. The monoisotopic (exact) mass is 306 g/mol. The van der Waals surface area contributed by atoms with E-state index in [1.165, 1.54) is 6.07 Å². The van der Waals surface area contributed by atoms with E-state index in [0.29, 0.717) is 5.56 Å². The van der Waals surface area contributed by atoms with Gasteiger partial charge in [-0.2, -0.15) is 0 Å². The number of aromatic nitrogens is 1. The fourth-order valence-corrected chi connectivity index (χ4v) is 2.78. The van der Waals surface area contributed by atoms with E-state index in [2.05, 4.69) is 9.88 Å². The van der Waals surface area contributed by atoms with Crippen LogP contribution < -0.4 is 5.32 Å². The number of benzene rings is 1. The third kappa shape index (κ3) is 3.03. The fourth-order valence-electron chi connectivity index (χ4n) is 2.78. The van der Waals surface area contributed by atoms with Crippen LogP contribution in [0.4, 0.5) is 14.5 Å². The van der Waals surface area contributed by atoms with Crippen molar-refractivity contribution in [1.82, 2.24) is 4.57 Å². The van der Waals surface area contributed by atoms with Crippen molar-refractivity contribution in [2.45, 2.75) is 33.7 Å². The Morgan fingerprint density at radius 2 is 1.82 bits per heavy atom. The molecule has 22 heavy (non-hydrogen) atoms. The molecule has 5 heteroatoms. The minimum Gasteiger partial charge on any atom is -0.373 e. The fraction of sp³-hybridized carbons (Fsp3) is 0.353. The van der Waals surface area contributed by atoms with Crippen molar-refractivity contribution in [1.29, 1.82) is 0 Å². The van der Waals surface area contributed by atoms with Gasteiger partial charge in [-0.25, -0.2) is 8.78 Å². The van der Waals surface area contributed by atoms with Gasteiger partial charge in [0.2, 0.25) is 0 Å². The topological polar surface area (TPSA) is 34.0 Å². The lowest BCUT2D eigenvalue weighted by Crippen LogP contribution is -2.16. The quantitative estimate of drug-likeness (QED) is 0.838. The van der Waals surface area contributed by atoms with Crippen LogP contribution in [-0.2, 0) is 0 Å². The number of Topliss-reactive ketones (excluding diaryl/α,β-unsaturated/α-hetero) is 1. The van der Waals surface area contributed by atoms with Crippen molar-refractivity contribution >= 4 is 11.5 Å². The number of ketones is 1. The first-order valence-electron chi connectivity index (χ1n) is 7.22. The summed E-state index contributed by atoms with van der Waals surface area (Å²) in [4.78, 5) is 12.3. The van der Waals surface area contributed by atoms with Gasteiger partial charge in [0.15, 0.2) is 5.78 Å². The van der Waals surface area contributed by atoms with Crippen LogP contribution in [0.2, 0.25) is 0 Å². The second-order valence-corrected chi connectivity index (χ2v) is 5.62. The number of aryl methyl sites for hydroxylation is 1. The van der Waals surface area contributed by atoms with Crippen molar-refractivity contribution in [3.05, 3.63) is 52.9 Å². The molecule has 3 nitrogen and oxygen atoms in total. The molecular formula is C17H20F2N2O. The van der Waals surface area contributed by atoms with Crippen LogP contribution in [0.1, 0.15) is 41.6 Å². The van der Waals surface area contributed by atoms with Crippen molar-refractivity contribution in [3.8, 4) is 0 Å². The van der Waals surface area contributed by atoms with Gasteiger partial charge in [-0.15, -0.1) is 0 Å². The number of nitrogens with one attached hydrogen (secondary N) is 1. The molecular weight excluding hydrogens is 286 g/mol. The largest absolute Gasteiger partial charge is 0.373 e. The highest BCUT2D eigenvalue weighted by molar-refractivity contribution is 6.00. The van der Waals surface area contributed by atoms with Gasteiger partial charge in [-0.1, -0.05) is 6.07 Å². The predicted molar refractivity (Wildman–Crippen MR) is 83.5 cm³/mol. The summed E-state index contributed by atoms with van der Waals surface area (Å²) in [6, 6.07) is 5.66. The normalized spacial score (nSPS) is 11.0. The van der Waals surface area contributed by atoms with Crippen LogP contribution in [0.5, 0.6) is 0 Å². The summed E-state index contributed by atoms with van der Waals surface area (Å²) in [6.45, 7) is 7.75. The van der Waals surface area contributed by atoms with Crippen LogP contribution in [0.25, 0.3) is 0 Å². The zero-order chi connectivity index (χ0) is 16.4. The molecule has 2 rings (SSSR count). The molecule has 0 bridgehead atoms. The Morgan fingerprint density at radius 3 is 2.32 bits per heavy atom. The Balaban J connectivity index is 2.19. The van der Waals surface area contributed by atoms with Gasteiger partial charge in [0.25, 0.3) is 0 Å². The zero-order valence-corrected chi connectivity index (χ0v) is 13.2. The molecule has 0 aliphatic carbocycles. The summed E-state index contributed by atoms with van der Waals surface area (Å²) >= 11 is 0. The van der Waals surface area contributed by atoms with Gasteiger partial charge in [-0.3, -0.25) is 4.79 Å². The van der Waals surface area contributed by atoms with Crippen LogP contribution in [-0.4, -0.2) is 16.9 Å². The Kier molecular flexibility index (Phi) is 4.64. The maximum atomic E-state index is 13.5. The van der Waals surface area contributed by atoms with Gasteiger partial charge in [-0.05, 0) is 45.9 Å². The molecule has 2 aromatic rings. The van der Waals surface area contributed by atoms with Gasteiger partial charge >= 0.3 is 0 Å².